The number of carbonyl (C=O) groups excluding carboxylic acids is 2. The molecule has 1 atom stereocenters. The van der Waals surface area contributed by atoms with Crippen molar-refractivity contribution in [2.75, 3.05) is 26.0 Å². The summed E-state index contributed by atoms with van der Waals surface area (Å²) in [5.74, 6) is 0.302. The highest BCUT2D eigenvalue weighted by Crippen LogP contribution is 2.51. The van der Waals surface area contributed by atoms with Crippen molar-refractivity contribution in [3.63, 3.8) is 0 Å². The molecule has 4 rings (SSSR count). The lowest BCUT2D eigenvalue weighted by atomic mass is 10.1. The summed E-state index contributed by atoms with van der Waals surface area (Å²) in [6, 6.07) is 10.1. The summed E-state index contributed by atoms with van der Waals surface area (Å²) in [4.78, 5) is 32.2. The van der Waals surface area contributed by atoms with E-state index in [1.165, 1.54) is 6.92 Å². The molecule has 1 aromatic carbocycles. The Balaban J connectivity index is 1.64. The molecule has 1 aliphatic heterocycles. The number of pyridine rings is 1. The molecule has 2 amide bonds. The molecule has 30 heavy (non-hydrogen) atoms. The number of aromatic nitrogens is 1. The number of benzene rings is 1. The van der Waals surface area contributed by atoms with E-state index in [1.54, 1.807) is 11.3 Å². The molecular formula is C21H23N6O2S+. The van der Waals surface area contributed by atoms with E-state index < -0.39 is 0 Å². The molecule has 8 nitrogen and oxygen atoms in total. The van der Waals surface area contributed by atoms with Crippen molar-refractivity contribution in [1.82, 2.24) is 20.1 Å². The first kappa shape index (κ1) is 20.0. The summed E-state index contributed by atoms with van der Waals surface area (Å²) in [7, 11) is 3.95. The number of anilines is 1. The molecule has 1 unspecified atom stereocenters. The van der Waals surface area contributed by atoms with Crippen LogP contribution < -0.4 is 20.4 Å². The first-order chi connectivity index (χ1) is 14.4. The minimum atomic E-state index is -0.230. The molecule has 3 N–H and O–H groups in total. The van der Waals surface area contributed by atoms with Gasteiger partial charge in [0, 0.05) is 32.6 Å². The van der Waals surface area contributed by atoms with E-state index in [0.717, 1.165) is 38.7 Å². The quantitative estimate of drug-likeness (QED) is 0.531. The van der Waals surface area contributed by atoms with E-state index in [-0.39, 0.29) is 18.4 Å². The fourth-order valence-corrected chi connectivity index (χ4v) is 4.50. The SMILES string of the molecule is CNc1nc2ccsc2c2c1N=C[N+]2(C)c1cccc(CNC(=O)CNC(C)=O)c1. The predicted octanol–water partition coefficient (Wildman–Crippen LogP) is 3.03. The lowest BCUT2D eigenvalue weighted by Crippen LogP contribution is -2.36. The molecule has 0 radical (unpaired) electrons. The van der Waals surface area contributed by atoms with Gasteiger partial charge in [-0.05, 0) is 17.0 Å². The molecular weight excluding hydrogens is 400 g/mol. The van der Waals surface area contributed by atoms with Crippen molar-refractivity contribution in [2.24, 2.45) is 4.99 Å². The molecule has 0 aliphatic carbocycles. The predicted molar refractivity (Wildman–Crippen MR) is 122 cm³/mol. The number of hydrogen-bond acceptors (Lipinski definition) is 6. The second-order valence-electron chi connectivity index (χ2n) is 7.22. The number of rotatable bonds is 6. The highest BCUT2D eigenvalue weighted by atomic mass is 32.1. The lowest BCUT2D eigenvalue weighted by molar-refractivity contribution is -0.125. The summed E-state index contributed by atoms with van der Waals surface area (Å²) in [6.07, 6.45) is 1.92. The summed E-state index contributed by atoms with van der Waals surface area (Å²) >= 11 is 1.66. The first-order valence-electron chi connectivity index (χ1n) is 9.54. The Kier molecular flexibility index (Phi) is 5.23. The van der Waals surface area contributed by atoms with Crippen LogP contribution in [0.15, 0.2) is 40.7 Å². The van der Waals surface area contributed by atoms with Gasteiger partial charge >= 0.3 is 0 Å². The standard InChI is InChI=1S/C21H22N6O2S/c1-13(28)23-11-17(29)24-10-14-5-4-6-15(9-14)27(3)12-25-18-19(27)20-16(7-8-30-20)26-21(18)22-2/h4-9,12H,10-11H2,1-3H3,(H2-,22,23,24,26,28,29)/p+1. The normalized spacial score (nSPS) is 17.0. The van der Waals surface area contributed by atoms with E-state index in [1.807, 2.05) is 37.0 Å². The molecule has 0 bridgehead atoms. The number of fused-ring (bicyclic) bond motifs is 3. The molecule has 2 aromatic heterocycles. The monoisotopic (exact) mass is 423 g/mol. The Morgan fingerprint density at radius 2 is 2.03 bits per heavy atom. The third-order valence-corrected chi connectivity index (χ3v) is 6.00. The van der Waals surface area contributed by atoms with Crippen molar-refractivity contribution in [1.29, 1.82) is 0 Å². The van der Waals surface area contributed by atoms with Crippen LogP contribution in [0.5, 0.6) is 0 Å². The van der Waals surface area contributed by atoms with E-state index in [0.29, 0.717) is 11.0 Å². The molecule has 3 heterocycles. The molecule has 3 aromatic rings. The van der Waals surface area contributed by atoms with Gasteiger partial charge in [-0.25, -0.2) is 9.47 Å². The number of hydrogen-bond donors (Lipinski definition) is 3. The molecule has 0 saturated carbocycles. The Bertz CT molecular complexity index is 1170. The largest absolute Gasteiger partial charge is 0.371 e. The number of quaternary nitrogens is 1. The van der Waals surface area contributed by atoms with E-state index in [4.69, 9.17) is 4.99 Å². The van der Waals surface area contributed by atoms with Gasteiger partial charge in [0.25, 0.3) is 0 Å². The van der Waals surface area contributed by atoms with Crippen LogP contribution >= 0.6 is 11.3 Å². The topological polar surface area (TPSA) is 95.5 Å². The maximum Gasteiger partial charge on any atom is 0.239 e. The van der Waals surface area contributed by atoms with Gasteiger partial charge in [0.1, 0.15) is 10.4 Å². The fourth-order valence-electron chi connectivity index (χ4n) is 3.54. The number of amides is 2. The molecule has 9 heteroatoms. The Morgan fingerprint density at radius 1 is 1.20 bits per heavy atom. The third-order valence-electron chi connectivity index (χ3n) is 5.09. The van der Waals surface area contributed by atoms with Gasteiger partial charge in [-0.15, -0.1) is 11.3 Å². The summed E-state index contributed by atoms with van der Waals surface area (Å²) in [5, 5.41) is 10.5. The van der Waals surface area contributed by atoms with E-state index in [2.05, 4.69) is 40.1 Å². The van der Waals surface area contributed by atoms with Crippen molar-refractivity contribution >= 4 is 62.6 Å². The Hall–Kier alpha value is -3.30. The zero-order valence-corrected chi connectivity index (χ0v) is 17.8. The highest BCUT2D eigenvalue weighted by Gasteiger charge is 2.39. The van der Waals surface area contributed by atoms with Crippen molar-refractivity contribution in [3.05, 3.63) is 41.3 Å². The number of aliphatic imine (C=N–C) groups is 1. The van der Waals surface area contributed by atoms with Gasteiger partial charge in [-0.2, -0.15) is 4.99 Å². The van der Waals surface area contributed by atoms with Crippen molar-refractivity contribution < 1.29 is 9.59 Å². The number of thiophene rings is 1. The minimum absolute atomic E-state index is 0.0288. The average molecular weight is 424 g/mol. The summed E-state index contributed by atoms with van der Waals surface area (Å²) in [5.41, 5.74) is 4.89. The van der Waals surface area contributed by atoms with Gasteiger partial charge in [-0.1, -0.05) is 12.1 Å². The average Bonchev–Trinajstić information content (AvgIpc) is 3.35. The van der Waals surface area contributed by atoms with E-state index >= 15 is 0 Å². The Morgan fingerprint density at radius 3 is 2.80 bits per heavy atom. The second kappa shape index (κ2) is 7.85. The van der Waals surface area contributed by atoms with Gasteiger partial charge in [0.05, 0.1) is 19.1 Å². The van der Waals surface area contributed by atoms with Gasteiger partial charge < -0.3 is 16.0 Å². The van der Waals surface area contributed by atoms with Crippen LogP contribution in [-0.4, -0.2) is 43.8 Å². The van der Waals surface area contributed by atoms with Crippen LogP contribution in [-0.2, 0) is 16.1 Å². The fraction of sp³-hybridized carbons (Fsp3) is 0.238. The molecule has 0 spiro atoms. The highest BCUT2D eigenvalue weighted by molar-refractivity contribution is 7.17. The number of nitrogens with zero attached hydrogens (tertiary/aromatic N) is 3. The van der Waals surface area contributed by atoms with Crippen LogP contribution in [0.3, 0.4) is 0 Å². The minimum Gasteiger partial charge on any atom is -0.371 e. The van der Waals surface area contributed by atoms with Crippen LogP contribution in [0.4, 0.5) is 22.9 Å². The maximum absolute atomic E-state index is 11.9. The maximum atomic E-state index is 11.9. The zero-order valence-electron chi connectivity index (χ0n) is 17.0. The van der Waals surface area contributed by atoms with Gasteiger partial charge in [0.2, 0.25) is 18.2 Å². The van der Waals surface area contributed by atoms with Gasteiger partial charge in [0.15, 0.2) is 17.2 Å². The van der Waals surface area contributed by atoms with Gasteiger partial charge in [-0.3, -0.25) is 9.59 Å². The smallest absolute Gasteiger partial charge is 0.239 e. The number of nitrogens with one attached hydrogen (secondary N) is 3. The molecule has 0 saturated heterocycles. The Labute approximate surface area is 178 Å². The summed E-state index contributed by atoms with van der Waals surface area (Å²) < 4.78 is 1.52. The van der Waals surface area contributed by atoms with Crippen LogP contribution in [0, 0.1) is 0 Å². The van der Waals surface area contributed by atoms with Crippen LogP contribution in [0.1, 0.15) is 12.5 Å². The van der Waals surface area contributed by atoms with Crippen LogP contribution in [0.2, 0.25) is 0 Å². The molecule has 0 fully saturated rings. The van der Waals surface area contributed by atoms with Crippen LogP contribution in [0.25, 0.3) is 10.2 Å². The van der Waals surface area contributed by atoms with E-state index in [9.17, 15) is 9.59 Å². The van der Waals surface area contributed by atoms with Crippen molar-refractivity contribution in [3.8, 4) is 0 Å². The van der Waals surface area contributed by atoms with Crippen molar-refractivity contribution in [2.45, 2.75) is 13.5 Å². The molecule has 154 valence electrons. The molecule has 1 aliphatic rings. The lowest BCUT2D eigenvalue weighted by Gasteiger charge is -2.26. The first-order valence-corrected chi connectivity index (χ1v) is 10.4. The summed E-state index contributed by atoms with van der Waals surface area (Å²) in [6.45, 7) is 1.73. The second-order valence-corrected chi connectivity index (χ2v) is 8.14. The zero-order chi connectivity index (χ0) is 21.3. The third kappa shape index (κ3) is 3.53. The number of carbonyl (C=O) groups is 2.